The highest BCUT2D eigenvalue weighted by Crippen LogP contribution is 2.10. The molecule has 0 spiro atoms. The Balaban J connectivity index is 2.41. The van der Waals surface area contributed by atoms with Crippen molar-refractivity contribution < 1.29 is 0 Å². The first kappa shape index (κ1) is 9.78. The summed E-state index contributed by atoms with van der Waals surface area (Å²) in [6.07, 6.45) is 1.66. The molecule has 0 aliphatic carbocycles. The smallest absolute Gasteiger partial charge is 0.227 e. The van der Waals surface area contributed by atoms with Crippen molar-refractivity contribution in [2.75, 3.05) is 25.0 Å². The lowest BCUT2D eigenvalue weighted by Crippen LogP contribution is -2.26. The van der Waals surface area contributed by atoms with E-state index in [1.165, 1.54) is 0 Å². The van der Waals surface area contributed by atoms with Gasteiger partial charge in [-0.15, -0.1) is 5.10 Å². The Morgan fingerprint density at radius 1 is 1.53 bits per heavy atom. The van der Waals surface area contributed by atoms with Gasteiger partial charge in [0, 0.05) is 27.2 Å². The molecule has 0 saturated carbocycles. The molecule has 0 atom stereocenters. The molecule has 0 fully saturated rings. The van der Waals surface area contributed by atoms with Crippen LogP contribution in [0.5, 0.6) is 0 Å². The van der Waals surface area contributed by atoms with Crippen molar-refractivity contribution in [2.45, 2.75) is 0 Å². The highest BCUT2D eigenvalue weighted by molar-refractivity contribution is 5.69. The van der Waals surface area contributed by atoms with Crippen LogP contribution >= 0.6 is 0 Å². The molecule has 0 aliphatic rings. The quantitative estimate of drug-likeness (QED) is 0.705. The van der Waals surface area contributed by atoms with Crippen LogP contribution in [0.3, 0.4) is 0 Å². The van der Waals surface area contributed by atoms with Gasteiger partial charge in [0.05, 0.1) is 6.20 Å². The Labute approximate surface area is 86.9 Å². The molecule has 2 rings (SSSR count). The average Bonchev–Trinajstić information content (AvgIpc) is 2.60. The third-order valence-electron chi connectivity index (χ3n) is 2.14. The van der Waals surface area contributed by atoms with Crippen LogP contribution in [0.4, 0.5) is 5.95 Å². The van der Waals surface area contributed by atoms with Crippen LogP contribution in [0.15, 0.2) is 6.20 Å². The predicted molar refractivity (Wildman–Crippen MR) is 56.4 cm³/mol. The van der Waals surface area contributed by atoms with Crippen molar-refractivity contribution in [3.63, 3.8) is 0 Å². The monoisotopic (exact) mass is 207 g/mol. The molecule has 0 saturated heterocycles. The molecule has 80 valence electrons. The summed E-state index contributed by atoms with van der Waals surface area (Å²) in [4.78, 5) is 10.4. The molecule has 0 bridgehead atoms. The van der Waals surface area contributed by atoms with Gasteiger partial charge in [0.15, 0.2) is 11.2 Å². The van der Waals surface area contributed by atoms with E-state index in [9.17, 15) is 0 Å². The number of hydrogen-bond donors (Lipinski definition) is 1. The summed E-state index contributed by atoms with van der Waals surface area (Å²) in [6, 6.07) is 0. The third-order valence-corrected chi connectivity index (χ3v) is 2.14. The molecule has 7 nitrogen and oxygen atoms in total. The van der Waals surface area contributed by atoms with Crippen molar-refractivity contribution in [2.24, 2.45) is 12.8 Å². The molecule has 2 aromatic rings. The van der Waals surface area contributed by atoms with Gasteiger partial charge in [-0.3, -0.25) is 0 Å². The maximum Gasteiger partial charge on any atom is 0.227 e. The second kappa shape index (κ2) is 3.77. The van der Waals surface area contributed by atoms with Gasteiger partial charge in [0.25, 0.3) is 0 Å². The number of likely N-dealkylation sites (N-methyl/N-ethyl adjacent to an activating group) is 1. The number of fused-ring (bicyclic) bond motifs is 1. The molecule has 15 heavy (non-hydrogen) atoms. The Bertz CT molecular complexity index is 463. The van der Waals surface area contributed by atoms with Crippen LogP contribution < -0.4 is 10.6 Å². The van der Waals surface area contributed by atoms with Crippen molar-refractivity contribution in [1.29, 1.82) is 0 Å². The lowest BCUT2D eigenvalue weighted by molar-refractivity contribution is 0.728. The average molecular weight is 207 g/mol. The normalized spacial score (nSPS) is 10.9. The summed E-state index contributed by atoms with van der Waals surface area (Å²) < 4.78 is 1.62. The van der Waals surface area contributed by atoms with E-state index in [1.54, 1.807) is 17.9 Å². The minimum Gasteiger partial charge on any atom is -0.343 e. The van der Waals surface area contributed by atoms with Crippen molar-refractivity contribution in [3.05, 3.63) is 6.20 Å². The van der Waals surface area contributed by atoms with Crippen molar-refractivity contribution in [1.82, 2.24) is 25.0 Å². The first-order chi connectivity index (χ1) is 7.22. The standard InChI is InChI=1S/C8H13N7/c1-14(4-3-9)8-10-5-6-7(11-8)15(2)13-12-6/h5H,3-4,9H2,1-2H3. The van der Waals surface area contributed by atoms with E-state index < -0.39 is 0 Å². The van der Waals surface area contributed by atoms with Crippen LogP contribution in [0.25, 0.3) is 11.2 Å². The maximum absolute atomic E-state index is 5.46. The van der Waals surface area contributed by atoms with Crippen LogP contribution in [0.1, 0.15) is 0 Å². The fourth-order valence-corrected chi connectivity index (χ4v) is 1.30. The summed E-state index contributed by atoms with van der Waals surface area (Å²) in [5.41, 5.74) is 6.88. The van der Waals surface area contributed by atoms with Gasteiger partial charge in [-0.1, -0.05) is 5.21 Å². The topological polar surface area (TPSA) is 85.8 Å². The first-order valence-electron chi connectivity index (χ1n) is 4.66. The zero-order valence-electron chi connectivity index (χ0n) is 8.75. The minimum absolute atomic E-state index is 0.571. The van der Waals surface area contributed by atoms with E-state index in [0.717, 1.165) is 12.2 Å². The molecule has 7 heteroatoms. The summed E-state index contributed by atoms with van der Waals surface area (Å²) in [6.45, 7) is 1.29. The molecular weight excluding hydrogens is 194 g/mol. The second-order valence-corrected chi connectivity index (χ2v) is 3.30. The van der Waals surface area contributed by atoms with E-state index in [1.807, 2.05) is 11.9 Å². The maximum atomic E-state index is 5.46. The Kier molecular flexibility index (Phi) is 2.46. The van der Waals surface area contributed by atoms with Gasteiger partial charge in [0.2, 0.25) is 5.95 Å². The number of aryl methyl sites for hydroxylation is 1. The van der Waals surface area contributed by atoms with Crippen molar-refractivity contribution >= 4 is 17.1 Å². The van der Waals surface area contributed by atoms with Crippen LogP contribution in [-0.2, 0) is 7.05 Å². The summed E-state index contributed by atoms with van der Waals surface area (Å²) in [5.74, 6) is 0.637. The lowest BCUT2D eigenvalue weighted by Gasteiger charge is -2.14. The third kappa shape index (κ3) is 1.73. The number of nitrogens with two attached hydrogens (primary N) is 1. The second-order valence-electron chi connectivity index (χ2n) is 3.30. The van der Waals surface area contributed by atoms with Crippen molar-refractivity contribution in [3.8, 4) is 0 Å². The molecule has 2 N–H and O–H groups in total. The number of aromatic nitrogens is 5. The van der Waals surface area contributed by atoms with Crippen LogP contribution in [0, 0.1) is 0 Å². The molecule has 0 amide bonds. The van der Waals surface area contributed by atoms with Crippen LogP contribution in [-0.4, -0.2) is 45.1 Å². The van der Waals surface area contributed by atoms with Gasteiger partial charge in [-0.05, 0) is 0 Å². The Morgan fingerprint density at radius 2 is 2.33 bits per heavy atom. The molecule has 0 unspecified atom stereocenters. The summed E-state index contributed by atoms with van der Waals surface area (Å²) in [7, 11) is 3.70. The fraction of sp³-hybridized carbons (Fsp3) is 0.500. The summed E-state index contributed by atoms with van der Waals surface area (Å²) >= 11 is 0. The van der Waals surface area contributed by atoms with E-state index in [0.29, 0.717) is 18.0 Å². The number of nitrogens with zero attached hydrogens (tertiary/aromatic N) is 6. The molecule has 2 aromatic heterocycles. The number of anilines is 1. The zero-order valence-corrected chi connectivity index (χ0v) is 8.75. The van der Waals surface area contributed by atoms with E-state index in [-0.39, 0.29) is 0 Å². The largest absolute Gasteiger partial charge is 0.343 e. The SMILES string of the molecule is CN(CCN)c1ncc2nnn(C)c2n1. The predicted octanol–water partition coefficient (Wildman–Crippen LogP) is -0.847. The number of rotatable bonds is 3. The van der Waals surface area contributed by atoms with Gasteiger partial charge < -0.3 is 10.6 Å². The highest BCUT2D eigenvalue weighted by Gasteiger charge is 2.08. The molecule has 2 heterocycles. The van der Waals surface area contributed by atoms with Gasteiger partial charge in [-0.25, -0.2) is 9.67 Å². The van der Waals surface area contributed by atoms with Gasteiger partial charge >= 0.3 is 0 Å². The zero-order chi connectivity index (χ0) is 10.8. The molecule has 0 aromatic carbocycles. The minimum atomic E-state index is 0.571. The van der Waals surface area contributed by atoms with Gasteiger partial charge in [0.1, 0.15) is 0 Å². The van der Waals surface area contributed by atoms with E-state index in [4.69, 9.17) is 5.73 Å². The number of hydrogen-bond acceptors (Lipinski definition) is 6. The first-order valence-corrected chi connectivity index (χ1v) is 4.66. The molecule has 0 aliphatic heterocycles. The van der Waals surface area contributed by atoms with E-state index in [2.05, 4.69) is 20.3 Å². The fourth-order valence-electron chi connectivity index (χ4n) is 1.30. The highest BCUT2D eigenvalue weighted by atomic mass is 15.4. The Morgan fingerprint density at radius 3 is 3.07 bits per heavy atom. The Hall–Kier alpha value is -1.76. The van der Waals surface area contributed by atoms with E-state index >= 15 is 0 Å². The van der Waals surface area contributed by atoms with Crippen LogP contribution in [0.2, 0.25) is 0 Å². The molecular formula is C8H13N7. The lowest BCUT2D eigenvalue weighted by atomic mass is 10.5. The summed E-state index contributed by atoms with van der Waals surface area (Å²) in [5, 5.41) is 7.77. The van der Waals surface area contributed by atoms with Gasteiger partial charge in [-0.2, -0.15) is 4.98 Å². The molecule has 0 radical (unpaired) electrons.